The summed E-state index contributed by atoms with van der Waals surface area (Å²) in [5.41, 5.74) is 5.38. The molecule has 0 saturated carbocycles. The maximum absolute atomic E-state index is 11.9. The minimum absolute atomic E-state index is 0.264. The van der Waals surface area contributed by atoms with Crippen LogP contribution in [0.3, 0.4) is 0 Å². The molecule has 0 spiro atoms. The molecule has 0 amide bonds. The van der Waals surface area contributed by atoms with E-state index in [-0.39, 0.29) is 5.56 Å². The first-order valence-corrected chi connectivity index (χ1v) is 8.75. The van der Waals surface area contributed by atoms with Crippen molar-refractivity contribution in [2.45, 2.75) is 13.3 Å². The Labute approximate surface area is 157 Å². The van der Waals surface area contributed by atoms with E-state index in [1.807, 2.05) is 42.5 Å². The second kappa shape index (κ2) is 7.00. The number of benzene rings is 2. The molecule has 0 radical (unpaired) electrons. The summed E-state index contributed by atoms with van der Waals surface area (Å²) in [6.07, 6.45) is 2.18. The van der Waals surface area contributed by atoms with Crippen LogP contribution in [0.25, 0.3) is 22.2 Å². The maximum atomic E-state index is 11.9. The van der Waals surface area contributed by atoms with Crippen molar-refractivity contribution >= 4 is 17.0 Å². The number of rotatable bonds is 4. The number of aryl methyl sites for hydroxylation is 1. The third-order valence-corrected chi connectivity index (χ3v) is 4.68. The Morgan fingerprint density at radius 2 is 1.74 bits per heavy atom. The van der Waals surface area contributed by atoms with Gasteiger partial charge in [-0.25, -0.2) is 14.8 Å². The summed E-state index contributed by atoms with van der Waals surface area (Å²) in [6, 6.07) is 22.1. The van der Waals surface area contributed by atoms with E-state index < -0.39 is 5.97 Å². The number of carbonyl (C=O) groups is 1. The van der Waals surface area contributed by atoms with Gasteiger partial charge >= 0.3 is 5.97 Å². The normalized spacial score (nSPS) is 10.9. The number of nitrogens with zero attached hydrogens (tertiary/aromatic N) is 2. The average Bonchev–Trinajstić information content (AvgIpc) is 2.68. The van der Waals surface area contributed by atoms with Crippen LogP contribution < -0.4 is 0 Å². The number of fused-ring (bicyclic) bond motifs is 1. The molecule has 2 aromatic heterocycles. The van der Waals surface area contributed by atoms with Crippen LogP contribution in [-0.4, -0.2) is 21.0 Å². The van der Waals surface area contributed by atoms with Crippen LogP contribution in [0, 0.1) is 6.92 Å². The lowest BCUT2D eigenvalue weighted by molar-refractivity contribution is 0.0695. The lowest BCUT2D eigenvalue weighted by atomic mass is 9.94. The highest BCUT2D eigenvalue weighted by atomic mass is 16.4. The zero-order valence-electron chi connectivity index (χ0n) is 14.9. The quantitative estimate of drug-likeness (QED) is 0.566. The molecule has 4 aromatic rings. The molecule has 2 heterocycles. The number of pyridine rings is 2. The summed E-state index contributed by atoms with van der Waals surface area (Å²) in [7, 11) is 0. The second-order valence-corrected chi connectivity index (χ2v) is 6.47. The predicted molar refractivity (Wildman–Crippen MR) is 106 cm³/mol. The van der Waals surface area contributed by atoms with Crippen molar-refractivity contribution in [1.29, 1.82) is 0 Å². The fourth-order valence-corrected chi connectivity index (χ4v) is 3.45. The number of hydrogen-bond acceptors (Lipinski definition) is 3. The summed E-state index contributed by atoms with van der Waals surface area (Å²) >= 11 is 0. The number of aromatic carboxylic acids is 1. The first kappa shape index (κ1) is 16.9. The number of carboxylic acid groups (broad SMARTS) is 1. The monoisotopic (exact) mass is 354 g/mol. The van der Waals surface area contributed by atoms with E-state index in [9.17, 15) is 9.90 Å². The van der Waals surface area contributed by atoms with Crippen LogP contribution >= 0.6 is 0 Å². The Hall–Kier alpha value is -3.53. The molecule has 27 heavy (non-hydrogen) atoms. The third kappa shape index (κ3) is 3.29. The van der Waals surface area contributed by atoms with Crippen LogP contribution in [0.2, 0.25) is 0 Å². The first-order valence-electron chi connectivity index (χ1n) is 8.75. The molecule has 0 unspecified atom stereocenters. The van der Waals surface area contributed by atoms with E-state index >= 15 is 0 Å². The molecule has 0 aliphatic rings. The van der Waals surface area contributed by atoms with E-state index in [2.05, 4.69) is 34.2 Å². The molecule has 4 nitrogen and oxygen atoms in total. The topological polar surface area (TPSA) is 63.1 Å². The molecule has 4 rings (SSSR count). The molecule has 4 heteroatoms. The molecule has 0 atom stereocenters. The highest BCUT2D eigenvalue weighted by Crippen LogP contribution is 2.27. The van der Waals surface area contributed by atoms with Gasteiger partial charge in [-0.2, -0.15) is 0 Å². The minimum atomic E-state index is -0.958. The summed E-state index contributed by atoms with van der Waals surface area (Å²) in [4.78, 5) is 20.6. The molecule has 0 fully saturated rings. The standard InChI is InChI=1S/C23H18N2O2/c1-15-21(23(26)27)20(19-11-6-12-24-22(19)25-15)14-16-7-5-10-18(13-16)17-8-3-2-4-9-17/h2-13H,14H2,1H3,(H,26,27). The molecule has 0 aliphatic carbocycles. The van der Waals surface area contributed by atoms with Gasteiger partial charge in [0.25, 0.3) is 0 Å². The Morgan fingerprint density at radius 1 is 0.963 bits per heavy atom. The van der Waals surface area contributed by atoms with Crippen LogP contribution in [0.15, 0.2) is 72.9 Å². The van der Waals surface area contributed by atoms with Crippen molar-refractivity contribution in [2.24, 2.45) is 0 Å². The smallest absolute Gasteiger partial charge is 0.337 e. The largest absolute Gasteiger partial charge is 0.478 e. The van der Waals surface area contributed by atoms with Gasteiger partial charge in [0.1, 0.15) is 0 Å². The van der Waals surface area contributed by atoms with Crippen molar-refractivity contribution in [3.63, 3.8) is 0 Å². The highest BCUT2D eigenvalue weighted by molar-refractivity contribution is 5.96. The lowest BCUT2D eigenvalue weighted by Gasteiger charge is -2.13. The van der Waals surface area contributed by atoms with Gasteiger partial charge in [-0.05, 0) is 47.7 Å². The Bertz CT molecular complexity index is 1140. The van der Waals surface area contributed by atoms with Gasteiger partial charge in [0.15, 0.2) is 5.65 Å². The molecular formula is C23H18N2O2. The number of carboxylic acids is 1. The second-order valence-electron chi connectivity index (χ2n) is 6.47. The van der Waals surface area contributed by atoms with Crippen molar-refractivity contribution in [2.75, 3.05) is 0 Å². The van der Waals surface area contributed by atoms with Gasteiger partial charge in [-0.3, -0.25) is 0 Å². The SMILES string of the molecule is Cc1nc2ncccc2c(Cc2cccc(-c3ccccc3)c2)c1C(=O)O. The predicted octanol–water partition coefficient (Wildman–Crippen LogP) is 4.89. The van der Waals surface area contributed by atoms with Crippen LogP contribution in [0.4, 0.5) is 0 Å². The molecular weight excluding hydrogens is 336 g/mol. The number of hydrogen-bond donors (Lipinski definition) is 1. The van der Waals surface area contributed by atoms with Gasteiger partial charge in [0.05, 0.1) is 11.3 Å². The van der Waals surface area contributed by atoms with Crippen molar-refractivity contribution < 1.29 is 9.90 Å². The highest BCUT2D eigenvalue weighted by Gasteiger charge is 2.19. The summed E-state index contributed by atoms with van der Waals surface area (Å²) in [6.45, 7) is 1.72. The first-order chi connectivity index (χ1) is 13.1. The number of aromatic nitrogens is 2. The third-order valence-electron chi connectivity index (χ3n) is 4.68. The Morgan fingerprint density at radius 3 is 2.52 bits per heavy atom. The van der Waals surface area contributed by atoms with Gasteiger partial charge < -0.3 is 5.11 Å². The van der Waals surface area contributed by atoms with Crippen LogP contribution in [0.1, 0.15) is 27.2 Å². The van der Waals surface area contributed by atoms with Gasteiger partial charge in [0.2, 0.25) is 0 Å². The van der Waals surface area contributed by atoms with Crippen molar-refractivity contribution in [1.82, 2.24) is 9.97 Å². The van der Waals surface area contributed by atoms with E-state index in [1.54, 1.807) is 13.1 Å². The Kier molecular flexibility index (Phi) is 4.38. The summed E-state index contributed by atoms with van der Waals surface area (Å²) in [5, 5.41) is 10.5. The molecule has 2 aromatic carbocycles. The summed E-state index contributed by atoms with van der Waals surface area (Å²) in [5.74, 6) is -0.958. The van der Waals surface area contributed by atoms with Gasteiger partial charge in [-0.15, -0.1) is 0 Å². The zero-order chi connectivity index (χ0) is 18.8. The average molecular weight is 354 g/mol. The molecule has 132 valence electrons. The minimum Gasteiger partial charge on any atom is -0.478 e. The molecule has 1 N–H and O–H groups in total. The molecule has 0 saturated heterocycles. The summed E-state index contributed by atoms with van der Waals surface area (Å²) < 4.78 is 0. The van der Waals surface area contributed by atoms with Crippen LogP contribution in [-0.2, 0) is 6.42 Å². The van der Waals surface area contributed by atoms with Crippen LogP contribution in [0.5, 0.6) is 0 Å². The van der Waals surface area contributed by atoms with E-state index in [4.69, 9.17) is 0 Å². The van der Waals surface area contributed by atoms with Gasteiger partial charge in [-0.1, -0.05) is 54.6 Å². The lowest BCUT2D eigenvalue weighted by Crippen LogP contribution is -2.09. The Balaban J connectivity index is 1.84. The van der Waals surface area contributed by atoms with E-state index in [1.165, 1.54) is 0 Å². The van der Waals surface area contributed by atoms with Gasteiger partial charge in [0, 0.05) is 11.6 Å². The fraction of sp³-hybridized carbons (Fsp3) is 0.0870. The maximum Gasteiger partial charge on any atom is 0.337 e. The molecule has 0 aliphatic heterocycles. The molecule has 0 bridgehead atoms. The van der Waals surface area contributed by atoms with E-state index in [0.29, 0.717) is 17.8 Å². The van der Waals surface area contributed by atoms with Crippen molar-refractivity contribution in [3.8, 4) is 11.1 Å². The van der Waals surface area contributed by atoms with Crippen molar-refractivity contribution in [3.05, 3.63) is 95.3 Å². The zero-order valence-corrected chi connectivity index (χ0v) is 14.9. The van der Waals surface area contributed by atoms with E-state index in [0.717, 1.165) is 27.6 Å². The fourth-order valence-electron chi connectivity index (χ4n) is 3.45.